The zero-order chi connectivity index (χ0) is 15.2. The molecule has 5 heteroatoms. The first-order valence-corrected chi connectivity index (χ1v) is 7.35. The molecular weight excluding hydrogens is 268 g/mol. The summed E-state index contributed by atoms with van der Waals surface area (Å²) in [6, 6.07) is 7.56. The lowest BCUT2D eigenvalue weighted by molar-refractivity contribution is 0.0158. The van der Waals surface area contributed by atoms with Crippen LogP contribution in [0.5, 0.6) is 0 Å². The molecule has 1 aliphatic heterocycles. The summed E-state index contributed by atoms with van der Waals surface area (Å²) in [5.41, 5.74) is 2.39. The smallest absolute Gasteiger partial charge is 0.0992 e. The molecule has 1 saturated heterocycles. The van der Waals surface area contributed by atoms with Gasteiger partial charge in [-0.1, -0.05) is 6.07 Å². The van der Waals surface area contributed by atoms with Crippen LogP contribution in [0.25, 0.3) is 0 Å². The van der Waals surface area contributed by atoms with E-state index in [0.717, 1.165) is 37.2 Å². The van der Waals surface area contributed by atoms with Gasteiger partial charge in [0.25, 0.3) is 0 Å². The number of benzene rings is 1. The van der Waals surface area contributed by atoms with Crippen molar-refractivity contribution in [3.05, 3.63) is 29.3 Å². The van der Waals surface area contributed by atoms with Crippen LogP contribution in [-0.4, -0.2) is 42.6 Å². The van der Waals surface area contributed by atoms with Crippen LogP contribution in [0.15, 0.2) is 18.2 Å². The molecule has 0 aliphatic carbocycles. The van der Waals surface area contributed by atoms with Crippen LogP contribution in [0.1, 0.15) is 37.0 Å². The highest BCUT2D eigenvalue weighted by Gasteiger charge is 2.22. The van der Waals surface area contributed by atoms with Gasteiger partial charge in [0.1, 0.15) is 0 Å². The average molecular weight is 290 g/mol. The van der Waals surface area contributed by atoms with Crippen LogP contribution in [0.4, 0.5) is 5.69 Å². The summed E-state index contributed by atoms with van der Waals surface area (Å²) in [7, 11) is 0. The van der Waals surface area contributed by atoms with Gasteiger partial charge in [0.05, 0.1) is 37.1 Å². The molecule has 0 amide bonds. The molecule has 0 aromatic heterocycles. The van der Waals surface area contributed by atoms with Crippen LogP contribution in [-0.2, 0) is 4.74 Å². The van der Waals surface area contributed by atoms with Crippen molar-refractivity contribution in [2.45, 2.75) is 32.0 Å². The Balaban J connectivity index is 2.10. The third-order valence-electron chi connectivity index (χ3n) is 3.84. The molecule has 5 nitrogen and oxygen atoms in total. The maximum atomic E-state index is 9.90. The van der Waals surface area contributed by atoms with Crippen molar-refractivity contribution in [2.75, 3.05) is 31.2 Å². The maximum absolute atomic E-state index is 9.90. The summed E-state index contributed by atoms with van der Waals surface area (Å²) in [6.45, 7) is 3.82. The number of nitriles is 1. The van der Waals surface area contributed by atoms with Crippen molar-refractivity contribution in [1.29, 1.82) is 5.26 Å². The molecule has 1 aromatic carbocycles. The zero-order valence-corrected chi connectivity index (χ0v) is 12.3. The lowest BCUT2D eigenvalue weighted by Crippen LogP contribution is -2.38. The Hall–Kier alpha value is -1.61. The van der Waals surface area contributed by atoms with Gasteiger partial charge in [-0.25, -0.2) is 0 Å². The van der Waals surface area contributed by atoms with E-state index < -0.39 is 6.10 Å². The zero-order valence-electron chi connectivity index (χ0n) is 12.3. The number of ether oxygens (including phenoxy) is 1. The van der Waals surface area contributed by atoms with Gasteiger partial charge in [0, 0.05) is 24.3 Å². The van der Waals surface area contributed by atoms with Gasteiger partial charge in [-0.15, -0.1) is 0 Å². The van der Waals surface area contributed by atoms with Crippen LogP contribution >= 0.6 is 0 Å². The van der Waals surface area contributed by atoms with Gasteiger partial charge in [-0.3, -0.25) is 0 Å². The molecule has 114 valence electrons. The van der Waals surface area contributed by atoms with E-state index in [-0.39, 0.29) is 12.7 Å². The van der Waals surface area contributed by atoms with E-state index in [9.17, 15) is 5.11 Å². The SMILES string of the molecule is C[C@H](O)c1ccc(C#N)cc1N1CCC(OCCO)CC1. The standard InChI is InChI=1S/C16H22N2O3/c1-12(20)15-3-2-13(11-17)10-16(15)18-6-4-14(5-7-18)21-9-8-19/h2-3,10,12,14,19-20H,4-9H2,1H3/t12-/m0/s1. The third-order valence-corrected chi connectivity index (χ3v) is 3.84. The number of aliphatic hydroxyl groups excluding tert-OH is 2. The van der Waals surface area contributed by atoms with Crippen LogP contribution < -0.4 is 4.90 Å². The van der Waals surface area contributed by atoms with E-state index in [1.54, 1.807) is 13.0 Å². The predicted molar refractivity (Wildman–Crippen MR) is 80.1 cm³/mol. The number of rotatable bonds is 5. The number of piperidine rings is 1. The van der Waals surface area contributed by atoms with Gasteiger partial charge in [-0.05, 0) is 31.9 Å². The van der Waals surface area contributed by atoms with Crippen molar-refractivity contribution < 1.29 is 14.9 Å². The Kier molecular flexibility index (Phi) is 5.57. The number of hydrogen-bond acceptors (Lipinski definition) is 5. The minimum Gasteiger partial charge on any atom is -0.394 e. The van der Waals surface area contributed by atoms with Crippen molar-refractivity contribution in [3.63, 3.8) is 0 Å². The van der Waals surface area contributed by atoms with Crippen molar-refractivity contribution in [2.24, 2.45) is 0 Å². The Morgan fingerprint density at radius 2 is 2.14 bits per heavy atom. The molecule has 0 radical (unpaired) electrons. The van der Waals surface area contributed by atoms with Gasteiger partial charge in [0.2, 0.25) is 0 Å². The summed E-state index contributed by atoms with van der Waals surface area (Å²) in [5.74, 6) is 0. The Morgan fingerprint density at radius 1 is 1.43 bits per heavy atom. The summed E-state index contributed by atoms with van der Waals surface area (Å²) in [4.78, 5) is 2.20. The minimum atomic E-state index is -0.559. The normalized spacial score (nSPS) is 17.5. The number of nitrogens with zero attached hydrogens (tertiary/aromatic N) is 2. The summed E-state index contributed by atoms with van der Waals surface area (Å²) >= 11 is 0. The Bertz CT molecular complexity index is 503. The predicted octanol–water partition coefficient (Wildman–Crippen LogP) is 1.59. The average Bonchev–Trinajstić information content (AvgIpc) is 2.52. The highest BCUT2D eigenvalue weighted by molar-refractivity contribution is 5.58. The van der Waals surface area contributed by atoms with E-state index in [2.05, 4.69) is 11.0 Å². The van der Waals surface area contributed by atoms with E-state index in [1.165, 1.54) is 0 Å². The monoisotopic (exact) mass is 290 g/mol. The van der Waals surface area contributed by atoms with Crippen molar-refractivity contribution in [1.82, 2.24) is 0 Å². The van der Waals surface area contributed by atoms with Gasteiger partial charge in [-0.2, -0.15) is 5.26 Å². The molecular formula is C16H22N2O3. The quantitative estimate of drug-likeness (QED) is 0.861. The topological polar surface area (TPSA) is 76.7 Å². The molecule has 2 N–H and O–H groups in total. The fourth-order valence-electron chi connectivity index (χ4n) is 2.72. The fourth-order valence-corrected chi connectivity index (χ4v) is 2.72. The van der Waals surface area contributed by atoms with Crippen LogP contribution in [0.3, 0.4) is 0 Å². The van der Waals surface area contributed by atoms with Crippen molar-refractivity contribution in [3.8, 4) is 6.07 Å². The summed E-state index contributed by atoms with van der Waals surface area (Å²) in [6.07, 6.45) is 1.39. The largest absolute Gasteiger partial charge is 0.394 e. The van der Waals surface area contributed by atoms with Crippen molar-refractivity contribution >= 4 is 5.69 Å². The second kappa shape index (κ2) is 7.41. The van der Waals surface area contributed by atoms with E-state index in [4.69, 9.17) is 15.1 Å². The molecule has 1 heterocycles. The third kappa shape index (κ3) is 3.94. The molecule has 0 bridgehead atoms. The molecule has 0 saturated carbocycles. The lowest BCUT2D eigenvalue weighted by atomic mass is 10.0. The highest BCUT2D eigenvalue weighted by atomic mass is 16.5. The van der Waals surface area contributed by atoms with Gasteiger partial charge >= 0.3 is 0 Å². The van der Waals surface area contributed by atoms with E-state index in [1.807, 2.05) is 12.1 Å². The maximum Gasteiger partial charge on any atom is 0.0992 e. The molecule has 1 atom stereocenters. The van der Waals surface area contributed by atoms with Crippen LogP contribution in [0, 0.1) is 11.3 Å². The molecule has 2 rings (SSSR count). The van der Waals surface area contributed by atoms with Gasteiger partial charge < -0.3 is 19.8 Å². The van der Waals surface area contributed by atoms with Gasteiger partial charge in [0.15, 0.2) is 0 Å². The highest BCUT2D eigenvalue weighted by Crippen LogP contribution is 2.30. The molecule has 21 heavy (non-hydrogen) atoms. The molecule has 0 unspecified atom stereocenters. The first kappa shape index (κ1) is 15.8. The second-order valence-electron chi connectivity index (χ2n) is 5.34. The molecule has 1 fully saturated rings. The van der Waals surface area contributed by atoms with Crippen LogP contribution in [0.2, 0.25) is 0 Å². The minimum absolute atomic E-state index is 0.0522. The number of anilines is 1. The lowest BCUT2D eigenvalue weighted by Gasteiger charge is -2.35. The molecule has 1 aromatic rings. The van der Waals surface area contributed by atoms with E-state index in [0.29, 0.717) is 12.2 Å². The second-order valence-corrected chi connectivity index (χ2v) is 5.34. The number of aliphatic hydroxyl groups is 2. The first-order valence-electron chi connectivity index (χ1n) is 7.35. The summed E-state index contributed by atoms with van der Waals surface area (Å²) < 4.78 is 5.56. The Labute approximate surface area is 125 Å². The molecule has 0 spiro atoms. The fraction of sp³-hybridized carbons (Fsp3) is 0.562. The summed E-state index contributed by atoms with van der Waals surface area (Å²) in [5, 5.41) is 27.7. The van der Waals surface area contributed by atoms with E-state index >= 15 is 0 Å². The number of hydrogen-bond donors (Lipinski definition) is 2. The Morgan fingerprint density at radius 3 is 2.71 bits per heavy atom. The molecule has 1 aliphatic rings. The first-order chi connectivity index (χ1) is 10.2.